The summed E-state index contributed by atoms with van der Waals surface area (Å²) >= 11 is 0. The van der Waals surface area contributed by atoms with Crippen molar-refractivity contribution in [1.82, 2.24) is 37.2 Å². The molecule has 8 atom stereocenters. The van der Waals surface area contributed by atoms with Gasteiger partial charge in [-0.25, -0.2) is 0 Å². The van der Waals surface area contributed by atoms with Crippen LogP contribution in [0.2, 0.25) is 0 Å². The second kappa shape index (κ2) is 29.1. The minimum Gasteiger partial charge on any atom is -0.481 e. The van der Waals surface area contributed by atoms with Crippen molar-refractivity contribution >= 4 is 71.3 Å². The lowest BCUT2D eigenvalue weighted by molar-refractivity contribution is -0.138. The Morgan fingerprint density at radius 1 is 0.524 bits per heavy atom. The molecule has 0 saturated carbocycles. The van der Waals surface area contributed by atoms with E-state index in [0.717, 1.165) is 0 Å². The smallest absolute Gasteiger partial charge is 0.303 e. The first-order chi connectivity index (χ1) is 29.3. The zero-order valence-corrected chi connectivity index (χ0v) is 36.4. The molecule has 0 bridgehead atoms. The van der Waals surface area contributed by atoms with Crippen LogP contribution in [-0.2, 0) is 57.5 Å². The van der Waals surface area contributed by atoms with E-state index >= 15 is 0 Å². The maximum absolute atomic E-state index is 13.9. The van der Waals surface area contributed by atoms with E-state index in [1.54, 1.807) is 27.7 Å². The topological polar surface area (TPSA) is 439 Å². The standard InChI is InChI=1S/C38H66N12O13/c1-18(2)14-24(47-33(58)22(8-6-7-13-39)46-38(63)31(19(3)4)50-32(57)20(5)40)36(61)45-23(10-11-27(41)52)34(59)48-26(16-29(43)54)37(62)49-25(15-28(42)53)35(60)44-21(17-51)9-12-30(55)56/h17-26,31H,6-16,39-40H2,1-5H3,(H2,41,52)(H2,42,53)(H2,43,54)(H,44,60)(H,45,61)(H,46,63)(H,47,58)(H,48,59)(H,49,62)(H,50,57)(H,55,56)/t20-,21-,22-,23-,24-,25-,26-,31-/m0/s1. The van der Waals surface area contributed by atoms with Crippen molar-refractivity contribution in [3.05, 3.63) is 0 Å². The van der Waals surface area contributed by atoms with E-state index in [1.807, 2.05) is 0 Å². The number of primary amides is 3. The van der Waals surface area contributed by atoms with Crippen molar-refractivity contribution in [3.8, 4) is 0 Å². The highest BCUT2D eigenvalue weighted by Gasteiger charge is 2.35. The summed E-state index contributed by atoms with van der Waals surface area (Å²) in [5.41, 5.74) is 27.2. The van der Waals surface area contributed by atoms with Crippen molar-refractivity contribution in [1.29, 1.82) is 0 Å². The fourth-order valence-corrected chi connectivity index (χ4v) is 5.75. The number of amides is 10. The van der Waals surface area contributed by atoms with E-state index < -0.39 is 151 Å². The maximum Gasteiger partial charge on any atom is 0.303 e. The van der Waals surface area contributed by atoms with Crippen LogP contribution in [-0.4, -0.2) is 131 Å². The van der Waals surface area contributed by atoms with E-state index in [0.29, 0.717) is 12.8 Å². The van der Waals surface area contributed by atoms with Gasteiger partial charge >= 0.3 is 5.97 Å². The molecular formula is C38H66N12O13. The summed E-state index contributed by atoms with van der Waals surface area (Å²) in [4.78, 5) is 152. The largest absolute Gasteiger partial charge is 0.481 e. The number of hydrogen-bond acceptors (Lipinski definition) is 14. The average molecular weight is 899 g/mol. The number of carbonyl (C=O) groups is 12. The number of carboxylic acids is 1. The van der Waals surface area contributed by atoms with E-state index in [9.17, 15) is 57.5 Å². The molecule has 0 unspecified atom stereocenters. The molecule has 0 aromatic carbocycles. The molecule has 0 rings (SSSR count). The Labute approximate surface area is 365 Å². The Balaban J connectivity index is 6.57. The van der Waals surface area contributed by atoms with E-state index in [-0.39, 0.29) is 38.0 Å². The van der Waals surface area contributed by atoms with Gasteiger partial charge in [0.05, 0.1) is 24.9 Å². The second-order valence-corrected chi connectivity index (χ2v) is 15.8. The molecule has 18 N–H and O–H groups in total. The number of carboxylic acid groups (broad SMARTS) is 1. The van der Waals surface area contributed by atoms with Crippen molar-refractivity contribution in [2.45, 2.75) is 147 Å². The SMILES string of the molecule is CC(C)C[C@H](NC(=O)[C@H](CCCCN)NC(=O)[C@@H](NC(=O)[C@H](C)N)C(C)C)C(=O)N[C@@H](CCC(N)=O)C(=O)N[C@@H](CC(N)=O)C(=O)N[C@@H](CC(N)=O)C(=O)N[C@H](C=O)CCC(=O)O. The van der Waals surface area contributed by atoms with E-state index in [4.69, 9.17) is 33.8 Å². The van der Waals surface area contributed by atoms with E-state index in [1.165, 1.54) is 6.92 Å². The molecule has 0 radical (unpaired) electrons. The van der Waals surface area contributed by atoms with Gasteiger partial charge in [-0.05, 0) is 63.8 Å². The van der Waals surface area contributed by atoms with Gasteiger partial charge in [0.25, 0.3) is 0 Å². The summed E-state index contributed by atoms with van der Waals surface area (Å²) in [7, 11) is 0. The van der Waals surface area contributed by atoms with Gasteiger partial charge in [0.15, 0.2) is 0 Å². The molecule has 25 heteroatoms. The molecule has 10 amide bonds. The molecule has 0 spiro atoms. The van der Waals surface area contributed by atoms with Gasteiger partial charge < -0.3 is 75.8 Å². The maximum atomic E-state index is 13.9. The van der Waals surface area contributed by atoms with Crippen LogP contribution in [0.25, 0.3) is 0 Å². The van der Waals surface area contributed by atoms with Gasteiger partial charge in [-0.1, -0.05) is 27.7 Å². The lowest BCUT2D eigenvalue weighted by Crippen LogP contribution is -2.61. The van der Waals surface area contributed by atoms with Gasteiger partial charge in [0, 0.05) is 12.8 Å². The molecule has 0 saturated heterocycles. The van der Waals surface area contributed by atoms with Gasteiger partial charge in [0.1, 0.15) is 42.5 Å². The molecule has 63 heavy (non-hydrogen) atoms. The molecule has 25 nitrogen and oxygen atoms in total. The molecule has 0 fully saturated rings. The van der Waals surface area contributed by atoms with Crippen molar-refractivity contribution in [2.75, 3.05) is 6.54 Å². The fraction of sp³-hybridized carbons (Fsp3) is 0.684. The highest BCUT2D eigenvalue weighted by molar-refractivity contribution is 5.99. The lowest BCUT2D eigenvalue weighted by Gasteiger charge is -2.28. The Bertz CT molecular complexity index is 1640. The Morgan fingerprint density at radius 3 is 1.40 bits per heavy atom. The Kier molecular flexibility index (Phi) is 26.2. The van der Waals surface area contributed by atoms with Crippen LogP contribution >= 0.6 is 0 Å². The third kappa shape index (κ3) is 23.5. The highest BCUT2D eigenvalue weighted by Crippen LogP contribution is 2.11. The van der Waals surface area contributed by atoms with Gasteiger partial charge in [0.2, 0.25) is 59.1 Å². The van der Waals surface area contributed by atoms with Gasteiger partial charge in [-0.2, -0.15) is 0 Å². The zero-order chi connectivity index (χ0) is 48.6. The molecule has 0 aliphatic heterocycles. The predicted octanol–water partition coefficient (Wildman–Crippen LogP) is -5.36. The van der Waals surface area contributed by atoms with Crippen LogP contribution < -0.4 is 65.9 Å². The summed E-state index contributed by atoms with van der Waals surface area (Å²) in [5, 5.41) is 25.7. The predicted molar refractivity (Wildman–Crippen MR) is 223 cm³/mol. The van der Waals surface area contributed by atoms with Crippen molar-refractivity contribution in [2.24, 2.45) is 40.5 Å². The molecule has 0 aliphatic rings. The number of aldehydes is 1. The normalized spacial score (nSPS) is 14.8. The summed E-state index contributed by atoms with van der Waals surface area (Å²) in [5.74, 6) is -11.7. The fourth-order valence-electron chi connectivity index (χ4n) is 5.75. The zero-order valence-electron chi connectivity index (χ0n) is 36.4. The first-order valence-corrected chi connectivity index (χ1v) is 20.4. The average Bonchev–Trinajstić information content (AvgIpc) is 3.17. The molecule has 0 aromatic heterocycles. The molecule has 0 aliphatic carbocycles. The van der Waals surface area contributed by atoms with Crippen LogP contribution in [0.3, 0.4) is 0 Å². The lowest BCUT2D eigenvalue weighted by atomic mass is 9.99. The summed E-state index contributed by atoms with van der Waals surface area (Å²) in [6, 6.07) is -11.3. The third-order valence-electron chi connectivity index (χ3n) is 9.13. The summed E-state index contributed by atoms with van der Waals surface area (Å²) in [6.45, 7) is 8.51. The van der Waals surface area contributed by atoms with Crippen molar-refractivity contribution in [3.63, 3.8) is 0 Å². The number of aliphatic carboxylic acids is 1. The minimum absolute atomic E-state index is 0.0123. The number of rotatable bonds is 32. The minimum atomic E-state index is -1.88. The number of unbranched alkanes of at least 4 members (excludes halogenated alkanes) is 1. The van der Waals surface area contributed by atoms with Crippen LogP contribution in [0.4, 0.5) is 0 Å². The van der Waals surface area contributed by atoms with Crippen LogP contribution in [0, 0.1) is 11.8 Å². The quantitative estimate of drug-likeness (QED) is 0.0222. The Morgan fingerprint density at radius 2 is 0.968 bits per heavy atom. The number of nitrogens with one attached hydrogen (secondary N) is 7. The first kappa shape index (κ1) is 56.8. The number of carbonyl (C=O) groups excluding carboxylic acids is 11. The molecular weight excluding hydrogens is 832 g/mol. The molecule has 0 aromatic rings. The summed E-state index contributed by atoms with van der Waals surface area (Å²) < 4.78 is 0. The summed E-state index contributed by atoms with van der Waals surface area (Å²) in [6.07, 6.45) is -2.41. The van der Waals surface area contributed by atoms with Crippen LogP contribution in [0.5, 0.6) is 0 Å². The van der Waals surface area contributed by atoms with Crippen LogP contribution in [0.15, 0.2) is 0 Å². The number of hydrogen-bond donors (Lipinski definition) is 13. The molecule has 356 valence electrons. The van der Waals surface area contributed by atoms with Gasteiger partial charge in [-0.3, -0.25) is 52.7 Å². The molecule has 0 heterocycles. The highest BCUT2D eigenvalue weighted by atomic mass is 16.4. The van der Waals surface area contributed by atoms with Crippen LogP contribution in [0.1, 0.15) is 98.8 Å². The third-order valence-corrected chi connectivity index (χ3v) is 9.13. The monoisotopic (exact) mass is 898 g/mol. The van der Waals surface area contributed by atoms with Crippen molar-refractivity contribution < 1.29 is 62.6 Å². The number of nitrogens with two attached hydrogens (primary N) is 5. The first-order valence-electron chi connectivity index (χ1n) is 20.4. The van der Waals surface area contributed by atoms with E-state index in [2.05, 4.69) is 37.2 Å². The van der Waals surface area contributed by atoms with Gasteiger partial charge in [-0.15, -0.1) is 0 Å². The second-order valence-electron chi connectivity index (χ2n) is 15.8. The Hall–Kier alpha value is -6.24.